The first kappa shape index (κ1) is 30.3. The molecule has 0 saturated carbocycles. The van der Waals surface area contributed by atoms with Gasteiger partial charge in [-0.2, -0.15) is 26.3 Å². The Hall–Kier alpha value is -3.29. The van der Waals surface area contributed by atoms with Gasteiger partial charge in [0.25, 0.3) is 5.56 Å². The third kappa shape index (κ3) is 5.85. The number of aromatic nitrogens is 2. The second-order valence-electron chi connectivity index (χ2n) is 8.32. The molecule has 15 heteroatoms. The lowest BCUT2D eigenvalue weighted by molar-refractivity contribution is -0.274. The lowest BCUT2D eigenvalue weighted by Gasteiger charge is -2.37. The van der Waals surface area contributed by atoms with Gasteiger partial charge in [-0.15, -0.1) is 0 Å². The first-order valence-corrected chi connectivity index (χ1v) is 11.5. The molecule has 3 rings (SSSR count). The van der Waals surface area contributed by atoms with Crippen LogP contribution in [0.15, 0.2) is 47.5 Å². The zero-order valence-corrected chi connectivity index (χ0v) is 21.6. The predicted molar refractivity (Wildman–Crippen MR) is 127 cm³/mol. The van der Waals surface area contributed by atoms with Crippen molar-refractivity contribution in [3.8, 4) is 11.6 Å². The Morgan fingerprint density at radius 2 is 1.72 bits per heavy atom. The fraction of sp³-hybridized carbons (Fsp3) is 0.292. The van der Waals surface area contributed by atoms with Crippen LogP contribution in [0.4, 0.5) is 26.3 Å². The van der Waals surface area contributed by atoms with Crippen LogP contribution >= 0.6 is 23.2 Å². The average Bonchev–Trinajstić information content (AvgIpc) is 2.84. The van der Waals surface area contributed by atoms with E-state index in [2.05, 4.69) is 9.72 Å². The second-order valence-corrected chi connectivity index (χ2v) is 9.14. The molecule has 2 atom stereocenters. The summed E-state index contributed by atoms with van der Waals surface area (Å²) >= 11 is 12.0. The van der Waals surface area contributed by atoms with Crippen LogP contribution < -0.4 is 10.3 Å². The van der Waals surface area contributed by atoms with Gasteiger partial charge < -0.3 is 19.1 Å². The highest BCUT2D eigenvalue weighted by molar-refractivity contribution is 6.31. The van der Waals surface area contributed by atoms with Gasteiger partial charge >= 0.3 is 18.3 Å². The van der Waals surface area contributed by atoms with Crippen LogP contribution in [-0.2, 0) is 23.6 Å². The highest BCUT2D eigenvalue weighted by Crippen LogP contribution is 2.50. The van der Waals surface area contributed by atoms with E-state index in [9.17, 15) is 41.0 Å². The number of ether oxygens (including phenoxy) is 2. The van der Waals surface area contributed by atoms with Gasteiger partial charge in [0.2, 0.25) is 5.88 Å². The van der Waals surface area contributed by atoms with Crippen LogP contribution in [0.1, 0.15) is 39.9 Å². The summed E-state index contributed by atoms with van der Waals surface area (Å²) in [6.45, 7) is 1.04. The van der Waals surface area contributed by atoms with E-state index in [1.165, 1.54) is 0 Å². The van der Waals surface area contributed by atoms with Gasteiger partial charge in [0, 0.05) is 42.0 Å². The van der Waals surface area contributed by atoms with Crippen LogP contribution in [0, 0.1) is 0 Å². The lowest BCUT2D eigenvalue weighted by Crippen LogP contribution is -2.47. The zero-order valence-electron chi connectivity index (χ0n) is 20.1. The maximum absolute atomic E-state index is 14.3. The molecule has 0 unspecified atom stereocenters. The van der Waals surface area contributed by atoms with E-state index in [1.54, 1.807) is 0 Å². The quantitative estimate of drug-likeness (QED) is 0.267. The smallest absolute Gasteiger partial charge is 0.422 e. The van der Waals surface area contributed by atoms with Gasteiger partial charge in [-0.1, -0.05) is 36.2 Å². The van der Waals surface area contributed by atoms with Crippen molar-refractivity contribution >= 4 is 29.2 Å². The Bertz CT molecular complexity index is 1450. The minimum atomic E-state index is -5.26. The molecule has 2 heterocycles. The first-order valence-electron chi connectivity index (χ1n) is 10.7. The predicted octanol–water partition coefficient (Wildman–Crippen LogP) is 6.24. The summed E-state index contributed by atoms with van der Waals surface area (Å²) in [6.07, 6.45) is -8.83. The van der Waals surface area contributed by atoms with Crippen molar-refractivity contribution < 1.29 is 45.7 Å². The molecule has 1 N–H and O–H groups in total. The van der Waals surface area contributed by atoms with Gasteiger partial charge in [0.1, 0.15) is 10.8 Å². The number of esters is 1. The van der Waals surface area contributed by atoms with E-state index in [0.29, 0.717) is 18.3 Å². The number of halogens is 8. The first-order chi connectivity index (χ1) is 17.9. The number of alkyl halides is 6. The number of aryl methyl sites for hydroxylation is 1. The number of hydrogen-bond acceptors (Lipinski definition) is 6. The maximum atomic E-state index is 14.3. The number of carbonyl (C=O) groups is 1. The number of aliphatic hydroxyl groups is 1. The Balaban J connectivity index is 2.02. The van der Waals surface area contributed by atoms with E-state index in [-0.39, 0.29) is 16.3 Å². The molecule has 0 amide bonds. The molecule has 0 aliphatic carbocycles. The largest absolute Gasteiger partial charge is 0.465 e. The minimum absolute atomic E-state index is 0.205. The normalized spacial score (nSPS) is 14.5. The Kier molecular flexibility index (Phi) is 8.30. The fourth-order valence-electron chi connectivity index (χ4n) is 3.81. The number of rotatable bonds is 6. The summed E-state index contributed by atoms with van der Waals surface area (Å²) in [7, 11) is 2.05. The van der Waals surface area contributed by atoms with E-state index >= 15 is 0 Å². The van der Waals surface area contributed by atoms with Gasteiger partial charge in [-0.05, 0) is 23.8 Å². The number of nitrogens with zero attached hydrogens (tertiary/aromatic N) is 2. The molecule has 0 saturated heterocycles. The molecule has 0 aliphatic rings. The molecule has 7 nitrogen and oxygen atoms in total. The second kappa shape index (κ2) is 10.7. The molecule has 0 fully saturated rings. The average molecular weight is 599 g/mol. The highest BCUT2D eigenvalue weighted by Gasteiger charge is 2.59. The zero-order chi connectivity index (χ0) is 29.5. The lowest BCUT2D eigenvalue weighted by atomic mass is 9.78. The molecule has 39 heavy (non-hydrogen) atoms. The molecule has 0 spiro atoms. The van der Waals surface area contributed by atoms with Crippen LogP contribution in [-0.4, -0.2) is 33.9 Å². The van der Waals surface area contributed by atoms with Crippen LogP contribution in [0.5, 0.6) is 11.6 Å². The summed E-state index contributed by atoms with van der Waals surface area (Å²) in [5, 5.41) is 10.1. The fourth-order valence-corrected chi connectivity index (χ4v) is 4.39. The highest BCUT2D eigenvalue weighted by atomic mass is 35.5. The molecule has 0 bridgehead atoms. The van der Waals surface area contributed by atoms with E-state index in [0.717, 1.165) is 50.0 Å². The Labute approximate surface area is 226 Å². The summed E-state index contributed by atoms with van der Waals surface area (Å²) < 4.78 is 93.5. The number of benzene rings is 1. The van der Waals surface area contributed by atoms with E-state index in [1.807, 2.05) is 0 Å². The van der Waals surface area contributed by atoms with Crippen molar-refractivity contribution in [1.82, 2.24) is 9.55 Å². The number of carbonyl (C=O) groups excluding carboxylic acids is 1. The number of methoxy groups -OCH3 is 1. The van der Waals surface area contributed by atoms with Gasteiger partial charge in [0.05, 0.1) is 18.2 Å². The van der Waals surface area contributed by atoms with Crippen molar-refractivity contribution in [1.29, 1.82) is 0 Å². The van der Waals surface area contributed by atoms with Crippen molar-refractivity contribution in [2.24, 2.45) is 7.05 Å². The topological polar surface area (TPSA) is 90.7 Å². The van der Waals surface area contributed by atoms with Gasteiger partial charge in [-0.25, -0.2) is 9.78 Å². The summed E-state index contributed by atoms with van der Waals surface area (Å²) in [4.78, 5) is 27.2. The summed E-state index contributed by atoms with van der Waals surface area (Å²) in [6, 6.07) is 4.35. The molecule has 1 aromatic carbocycles. The third-order valence-corrected chi connectivity index (χ3v) is 6.49. The Morgan fingerprint density at radius 3 is 2.23 bits per heavy atom. The van der Waals surface area contributed by atoms with E-state index < -0.39 is 63.0 Å². The van der Waals surface area contributed by atoms with Gasteiger partial charge in [-0.3, -0.25) is 4.79 Å². The molecule has 3 aromatic rings. The molecule has 2 aromatic heterocycles. The van der Waals surface area contributed by atoms with Crippen LogP contribution in [0.3, 0.4) is 0 Å². The molecular formula is C24H18Cl2F6N2O5. The Morgan fingerprint density at radius 1 is 1.08 bits per heavy atom. The SMILES string of the molecule is COC(=O)c1cnc(Oc2ccc([C@H](C)[C@](O)(c3cc(Cl)c(=O)n(C)c3)C(F)(F)F)c(Cl)c2)cc1C(F)(F)F. The van der Waals surface area contributed by atoms with Crippen molar-refractivity contribution in [3.63, 3.8) is 0 Å². The monoisotopic (exact) mass is 598 g/mol. The number of pyridine rings is 2. The van der Waals surface area contributed by atoms with Crippen molar-refractivity contribution in [3.05, 3.63) is 85.4 Å². The third-order valence-electron chi connectivity index (χ3n) is 5.89. The van der Waals surface area contributed by atoms with Crippen LogP contribution in [0.25, 0.3) is 0 Å². The van der Waals surface area contributed by atoms with Crippen molar-refractivity contribution in [2.45, 2.75) is 30.8 Å². The van der Waals surface area contributed by atoms with Crippen molar-refractivity contribution in [2.75, 3.05) is 7.11 Å². The molecule has 210 valence electrons. The molecule has 0 aliphatic heterocycles. The maximum Gasteiger partial charge on any atom is 0.422 e. The standard InChI is InChI=1S/C24H18Cl2F6N2O5/c1-11(22(37,24(30,31)32)12-6-18(26)20(35)34(2)10-12)14-5-4-13(7-17(14)25)39-19-8-16(23(27,28)29)15(9-33-19)21(36)38-3/h4-11,37H,1-3H3/t11-,22-/m0/s1. The summed E-state index contributed by atoms with van der Waals surface area (Å²) in [5.74, 6) is -3.84. The van der Waals surface area contributed by atoms with E-state index in [4.69, 9.17) is 27.9 Å². The molecule has 0 radical (unpaired) electrons. The van der Waals surface area contributed by atoms with Gasteiger partial charge in [0.15, 0.2) is 5.60 Å². The van der Waals surface area contributed by atoms with Crippen LogP contribution in [0.2, 0.25) is 10.0 Å². The minimum Gasteiger partial charge on any atom is -0.465 e. The number of hydrogen-bond donors (Lipinski definition) is 1. The summed E-state index contributed by atoms with van der Waals surface area (Å²) in [5.41, 5.74) is -7.51. The molecular weight excluding hydrogens is 581 g/mol.